The molecule has 0 saturated carbocycles. The van der Waals surface area contributed by atoms with E-state index in [1.165, 1.54) is 141 Å². The van der Waals surface area contributed by atoms with Gasteiger partial charge in [0.15, 0.2) is 6.10 Å². The van der Waals surface area contributed by atoms with Gasteiger partial charge in [0, 0.05) is 19.3 Å². The fourth-order valence-electron chi connectivity index (χ4n) is 7.58. The van der Waals surface area contributed by atoms with Crippen LogP contribution in [0.5, 0.6) is 0 Å². The van der Waals surface area contributed by atoms with E-state index < -0.39 is 6.10 Å². The molecule has 0 rings (SSSR count). The fraction of sp³-hybridized carbons (Fsp3) is 0.721. The monoisotopic (exact) mass is 933 g/mol. The van der Waals surface area contributed by atoms with E-state index in [2.05, 4.69) is 106 Å². The molecule has 67 heavy (non-hydrogen) atoms. The van der Waals surface area contributed by atoms with Gasteiger partial charge in [-0.15, -0.1) is 0 Å². The van der Waals surface area contributed by atoms with Crippen LogP contribution in [-0.4, -0.2) is 37.2 Å². The predicted octanol–water partition coefficient (Wildman–Crippen LogP) is 18.8. The van der Waals surface area contributed by atoms with Crippen LogP contribution < -0.4 is 0 Å². The fourth-order valence-corrected chi connectivity index (χ4v) is 7.58. The molecule has 0 saturated heterocycles. The first-order valence-electron chi connectivity index (χ1n) is 28.1. The van der Waals surface area contributed by atoms with Gasteiger partial charge in [0.05, 0.1) is 0 Å². The maximum absolute atomic E-state index is 12.8. The van der Waals surface area contributed by atoms with E-state index in [0.29, 0.717) is 19.3 Å². The standard InChI is InChI=1S/C61H104O6/c1-4-7-10-13-16-19-22-25-28-30-33-36-39-42-45-48-51-54-60(63)66-57-58(56-65-59(62)53-50-47-44-41-38-35-32-27-24-21-18-15-12-9-6-3)67-61(64)55-52-49-46-43-40-37-34-31-29-26-23-20-17-14-11-8-5-2/h16-17,19-21,24-26,28-29,33,36,42,45,58H,4-15,18,22-23,27,30-32,34-35,37-41,43-44,46-57H2,1-3H3/b19-16-,20-17-,24-21-,28-25-,29-26-,36-33-,45-42-/t58-/m0/s1. The highest BCUT2D eigenvalue weighted by Crippen LogP contribution is 2.14. The zero-order chi connectivity index (χ0) is 48.6. The second kappa shape index (κ2) is 55.2. The van der Waals surface area contributed by atoms with E-state index >= 15 is 0 Å². The predicted molar refractivity (Wildman–Crippen MR) is 288 cm³/mol. The van der Waals surface area contributed by atoms with Crippen LogP contribution in [0.4, 0.5) is 0 Å². The van der Waals surface area contributed by atoms with E-state index in [9.17, 15) is 14.4 Å². The van der Waals surface area contributed by atoms with Crippen LogP contribution in [0.15, 0.2) is 85.1 Å². The second-order valence-corrected chi connectivity index (χ2v) is 18.5. The van der Waals surface area contributed by atoms with Crippen molar-refractivity contribution in [3.63, 3.8) is 0 Å². The van der Waals surface area contributed by atoms with Crippen molar-refractivity contribution in [2.24, 2.45) is 0 Å². The maximum atomic E-state index is 12.8. The number of hydrogen-bond acceptors (Lipinski definition) is 6. The zero-order valence-corrected chi connectivity index (χ0v) is 43.9. The van der Waals surface area contributed by atoms with Gasteiger partial charge in [0.25, 0.3) is 0 Å². The summed E-state index contributed by atoms with van der Waals surface area (Å²) >= 11 is 0. The van der Waals surface area contributed by atoms with Crippen LogP contribution in [0.2, 0.25) is 0 Å². The van der Waals surface area contributed by atoms with Crippen LogP contribution >= 0.6 is 0 Å². The third-order valence-corrected chi connectivity index (χ3v) is 11.8. The van der Waals surface area contributed by atoms with E-state index in [0.717, 1.165) is 77.0 Å². The summed E-state index contributed by atoms with van der Waals surface area (Å²) in [6.45, 7) is 6.52. The quantitative estimate of drug-likeness (QED) is 0.0262. The Kier molecular flexibility index (Phi) is 52.4. The first-order chi connectivity index (χ1) is 33.0. The third-order valence-electron chi connectivity index (χ3n) is 11.8. The molecule has 0 aliphatic carbocycles. The van der Waals surface area contributed by atoms with Crippen molar-refractivity contribution >= 4 is 17.9 Å². The van der Waals surface area contributed by atoms with Gasteiger partial charge in [0.2, 0.25) is 0 Å². The highest BCUT2D eigenvalue weighted by atomic mass is 16.6. The lowest BCUT2D eigenvalue weighted by Gasteiger charge is -2.18. The van der Waals surface area contributed by atoms with E-state index in [4.69, 9.17) is 14.2 Å². The molecule has 0 aromatic carbocycles. The van der Waals surface area contributed by atoms with E-state index in [-0.39, 0.29) is 37.5 Å². The molecule has 0 aromatic rings. The zero-order valence-electron chi connectivity index (χ0n) is 43.9. The summed E-state index contributed by atoms with van der Waals surface area (Å²) in [7, 11) is 0. The number of carbonyl (C=O) groups excluding carboxylic acids is 3. The molecule has 0 N–H and O–H groups in total. The van der Waals surface area contributed by atoms with Gasteiger partial charge in [-0.05, 0) is 116 Å². The van der Waals surface area contributed by atoms with Crippen molar-refractivity contribution in [3.8, 4) is 0 Å². The van der Waals surface area contributed by atoms with Crippen LogP contribution in [0, 0.1) is 0 Å². The van der Waals surface area contributed by atoms with Crippen molar-refractivity contribution in [3.05, 3.63) is 85.1 Å². The molecule has 0 spiro atoms. The van der Waals surface area contributed by atoms with Gasteiger partial charge in [-0.2, -0.15) is 0 Å². The number of rotatable bonds is 50. The van der Waals surface area contributed by atoms with Gasteiger partial charge >= 0.3 is 17.9 Å². The van der Waals surface area contributed by atoms with Crippen molar-refractivity contribution in [1.29, 1.82) is 0 Å². The van der Waals surface area contributed by atoms with Crippen LogP contribution in [0.3, 0.4) is 0 Å². The number of esters is 3. The summed E-state index contributed by atoms with van der Waals surface area (Å²) in [6.07, 6.45) is 71.4. The lowest BCUT2D eigenvalue weighted by Crippen LogP contribution is -2.30. The molecule has 0 fully saturated rings. The average molecular weight is 933 g/mol. The van der Waals surface area contributed by atoms with Crippen molar-refractivity contribution in [2.75, 3.05) is 13.2 Å². The summed E-state index contributed by atoms with van der Waals surface area (Å²) in [4.78, 5) is 38.1. The minimum atomic E-state index is -0.805. The number of allylic oxidation sites excluding steroid dienone is 14. The molecule has 0 heterocycles. The lowest BCUT2D eigenvalue weighted by molar-refractivity contribution is -0.167. The SMILES string of the molecule is CCCCC/C=C\C/C=C\C/C=C\C/C=C\CCCC(=O)OC[C@H](COC(=O)CCCCCCCCC/C=C\CCCCCC)OC(=O)CCCCCCCCC/C=C\C/C=C\CCCCC. The van der Waals surface area contributed by atoms with Gasteiger partial charge in [-0.3, -0.25) is 14.4 Å². The molecular formula is C61H104O6. The summed E-state index contributed by atoms with van der Waals surface area (Å²) in [5.74, 6) is -0.966. The summed E-state index contributed by atoms with van der Waals surface area (Å²) in [5.41, 5.74) is 0. The Morgan fingerprint density at radius 2 is 0.552 bits per heavy atom. The average Bonchev–Trinajstić information content (AvgIpc) is 3.33. The second-order valence-electron chi connectivity index (χ2n) is 18.5. The Hall–Kier alpha value is -3.41. The summed E-state index contributed by atoms with van der Waals surface area (Å²) in [6, 6.07) is 0. The molecule has 1 atom stereocenters. The number of unbranched alkanes of at least 4 members (excludes halogenated alkanes) is 25. The molecule has 0 aliphatic heterocycles. The number of carbonyl (C=O) groups is 3. The van der Waals surface area contributed by atoms with Crippen LogP contribution in [0.1, 0.15) is 265 Å². The Bertz CT molecular complexity index is 1300. The topological polar surface area (TPSA) is 78.9 Å². The van der Waals surface area contributed by atoms with Crippen molar-refractivity contribution in [2.45, 2.75) is 271 Å². The molecule has 0 unspecified atom stereocenters. The summed E-state index contributed by atoms with van der Waals surface area (Å²) < 4.78 is 16.8. The lowest BCUT2D eigenvalue weighted by atomic mass is 10.1. The first-order valence-corrected chi connectivity index (χ1v) is 28.1. The van der Waals surface area contributed by atoms with Crippen LogP contribution in [-0.2, 0) is 28.6 Å². The van der Waals surface area contributed by atoms with E-state index in [1.807, 2.05) is 0 Å². The molecule has 0 aromatic heterocycles. The minimum absolute atomic E-state index is 0.0990. The first kappa shape index (κ1) is 63.6. The number of ether oxygens (including phenoxy) is 3. The molecule has 384 valence electrons. The van der Waals surface area contributed by atoms with Crippen molar-refractivity contribution in [1.82, 2.24) is 0 Å². The molecule has 0 bridgehead atoms. The Balaban J connectivity index is 4.49. The van der Waals surface area contributed by atoms with E-state index in [1.54, 1.807) is 0 Å². The Labute approximate surface area is 414 Å². The summed E-state index contributed by atoms with van der Waals surface area (Å²) in [5, 5.41) is 0. The van der Waals surface area contributed by atoms with Crippen LogP contribution in [0.25, 0.3) is 0 Å². The van der Waals surface area contributed by atoms with Gasteiger partial charge in [-0.25, -0.2) is 0 Å². The Morgan fingerprint density at radius 1 is 0.299 bits per heavy atom. The molecule has 0 radical (unpaired) electrons. The highest BCUT2D eigenvalue weighted by molar-refractivity contribution is 5.71. The molecular weight excluding hydrogens is 829 g/mol. The molecule has 6 nitrogen and oxygen atoms in total. The van der Waals surface area contributed by atoms with Gasteiger partial charge < -0.3 is 14.2 Å². The van der Waals surface area contributed by atoms with Gasteiger partial charge in [-0.1, -0.05) is 215 Å². The normalized spacial score (nSPS) is 12.7. The smallest absolute Gasteiger partial charge is 0.306 e. The highest BCUT2D eigenvalue weighted by Gasteiger charge is 2.19. The molecule has 0 amide bonds. The molecule has 6 heteroatoms. The molecule has 0 aliphatic rings. The largest absolute Gasteiger partial charge is 0.462 e. The van der Waals surface area contributed by atoms with Gasteiger partial charge in [0.1, 0.15) is 13.2 Å². The number of hydrogen-bond donors (Lipinski definition) is 0. The maximum Gasteiger partial charge on any atom is 0.306 e. The minimum Gasteiger partial charge on any atom is -0.462 e. The third kappa shape index (κ3) is 53.4. The Morgan fingerprint density at radius 3 is 0.940 bits per heavy atom. The van der Waals surface area contributed by atoms with Crippen molar-refractivity contribution < 1.29 is 28.6 Å².